The molecular weight excluding hydrogens is 330 g/mol. The van der Waals surface area contributed by atoms with Crippen molar-refractivity contribution in [1.29, 1.82) is 0 Å². The average Bonchev–Trinajstić information content (AvgIpc) is 2.83. The average molecular weight is 346 g/mol. The number of H-pyrrole nitrogens is 1. The molecule has 112 valence electrons. The third-order valence-corrected chi connectivity index (χ3v) is 6.41. The van der Waals surface area contributed by atoms with E-state index >= 15 is 0 Å². The summed E-state index contributed by atoms with van der Waals surface area (Å²) in [5.74, 6) is 0. The lowest BCUT2D eigenvalue weighted by molar-refractivity contribution is 1.10. The summed E-state index contributed by atoms with van der Waals surface area (Å²) >= 11 is 4.50. The smallest absolute Gasteiger partial charge is 0.306 e. The number of aryl methyl sites for hydroxylation is 2. The van der Waals surface area contributed by atoms with Gasteiger partial charge in [0.2, 0.25) is 0 Å². The molecule has 0 aliphatic carbocycles. The fraction of sp³-hybridized carbons (Fsp3) is 0.118. The van der Waals surface area contributed by atoms with Crippen LogP contribution in [-0.4, -0.2) is 4.98 Å². The molecule has 0 aliphatic rings. The van der Waals surface area contributed by atoms with Gasteiger partial charge in [-0.1, -0.05) is 70.3 Å². The van der Waals surface area contributed by atoms with Crippen LogP contribution < -0.4 is 4.87 Å². The molecule has 1 aromatic heterocycles. The largest absolute Gasteiger partial charge is 0.306 e. The maximum Gasteiger partial charge on any atom is 0.306 e. The summed E-state index contributed by atoms with van der Waals surface area (Å²) in [6.07, 6.45) is 0. The van der Waals surface area contributed by atoms with E-state index in [4.69, 9.17) is 0 Å². The lowest BCUT2D eigenvalue weighted by Crippen LogP contribution is -1.91. The molecule has 0 aliphatic heterocycles. The van der Waals surface area contributed by atoms with Gasteiger partial charge in [0.05, 0.1) is 0 Å². The summed E-state index contributed by atoms with van der Waals surface area (Å²) in [5.41, 5.74) is 2.47. The van der Waals surface area contributed by atoms with Gasteiger partial charge in [0, 0.05) is 9.79 Å². The zero-order valence-electron chi connectivity index (χ0n) is 12.3. The van der Waals surface area contributed by atoms with Crippen molar-refractivity contribution in [2.75, 3.05) is 0 Å². The van der Waals surface area contributed by atoms with Gasteiger partial charge >= 0.3 is 4.87 Å². The highest BCUT2D eigenvalue weighted by Crippen LogP contribution is 2.39. The van der Waals surface area contributed by atoms with Crippen LogP contribution in [-0.2, 0) is 0 Å². The molecule has 2 nitrogen and oxygen atoms in total. The van der Waals surface area contributed by atoms with Gasteiger partial charge in [0.15, 0.2) is 0 Å². The molecule has 1 N–H and O–H groups in total. The predicted molar refractivity (Wildman–Crippen MR) is 95.5 cm³/mol. The molecule has 0 bridgehead atoms. The van der Waals surface area contributed by atoms with E-state index in [1.54, 1.807) is 23.5 Å². The third kappa shape index (κ3) is 3.85. The minimum absolute atomic E-state index is 0.00998. The van der Waals surface area contributed by atoms with Crippen LogP contribution in [0.5, 0.6) is 0 Å². The number of benzene rings is 2. The Kier molecular flexibility index (Phi) is 4.76. The van der Waals surface area contributed by atoms with Gasteiger partial charge < -0.3 is 4.98 Å². The standard InChI is InChI=1S/C17H15NOS3/c1-11-3-7-13(8-4-11)20-15-16(22-17(19)18-15)21-14-9-5-12(2)6-10-14/h3-10H,1-2H3,(H,18,19). The van der Waals surface area contributed by atoms with E-state index in [1.807, 2.05) is 0 Å². The van der Waals surface area contributed by atoms with Gasteiger partial charge in [-0.05, 0) is 38.1 Å². The Hall–Kier alpha value is -1.43. The van der Waals surface area contributed by atoms with Gasteiger partial charge in [-0.3, -0.25) is 4.79 Å². The Morgan fingerprint density at radius 2 is 1.32 bits per heavy atom. The topological polar surface area (TPSA) is 32.9 Å². The number of nitrogens with one attached hydrogen (secondary N) is 1. The van der Waals surface area contributed by atoms with Crippen molar-refractivity contribution in [2.45, 2.75) is 32.9 Å². The Balaban J connectivity index is 1.84. The molecular formula is C17H15NOS3. The molecule has 5 heteroatoms. The Morgan fingerprint density at radius 1 is 0.818 bits per heavy atom. The van der Waals surface area contributed by atoms with Crippen LogP contribution in [0.2, 0.25) is 0 Å². The van der Waals surface area contributed by atoms with Crippen molar-refractivity contribution in [2.24, 2.45) is 0 Å². The van der Waals surface area contributed by atoms with Gasteiger partial charge in [-0.2, -0.15) is 0 Å². The van der Waals surface area contributed by atoms with E-state index in [1.165, 1.54) is 22.5 Å². The van der Waals surface area contributed by atoms with Gasteiger partial charge in [-0.15, -0.1) is 0 Å². The first kappa shape index (κ1) is 15.5. The van der Waals surface area contributed by atoms with E-state index < -0.39 is 0 Å². The molecule has 0 spiro atoms. The molecule has 2 aromatic carbocycles. The van der Waals surface area contributed by atoms with E-state index in [0.717, 1.165) is 19.0 Å². The van der Waals surface area contributed by atoms with Crippen molar-refractivity contribution in [1.82, 2.24) is 4.98 Å². The minimum Gasteiger partial charge on any atom is -0.306 e. The monoisotopic (exact) mass is 345 g/mol. The van der Waals surface area contributed by atoms with Crippen LogP contribution in [0.25, 0.3) is 0 Å². The molecule has 0 amide bonds. The van der Waals surface area contributed by atoms with Crippen molar-refractivity contribution >= 4 is 34.9 Å². The highest BCUT2D eigenvalue weighted by molar-refractivity contribution is 8.03. The van der Waals surface area contributed by atoms with E-state index in [0.29, 0.717) is 0 Å². The molecule has 0 radical (unpaired) electrons. The highest BCUT2D eigenvalue weighted by atomic mass is 32.2. The van der Waals surface area contributed by atoms with Gasteiger partial charge in [-0.25, -0.2) is 0 Å². The molecule has 0 fully saturated rings. The normalized spacial score (nSPS) is 10.8. The second-order valence-corrected chi connectivity index (χ2v) is 8.37. The molecule has 0 unspecified atom stereocenters. The first-order valence-corrected chi connectivity index (χ1v) is 9.27. The molecule has 0 atom stereocenters. The summed E-state index contributed by atoms with van der Waals surface area (Å²) in [4.78, 5) is 16.9. The second kappa shape index (κ2) is 6.77. The Labute approximate surface area is 142 Å². The fourth-order valence-electron chi connectivity index (χ4n) is 1.87. The van der Waals surface area contributed by atoms with Crippen molar-refractivity contribution in [3.63, 3.8) is 0 Å². The summed E-state index contributed by atoms with van der Waals surface area (Å²) < 4.78 is 1.01. The first-order chi connectivity index (χ1) is 10.6. The summed E-state index contributed by atoms with van der Waals surface area (Å²) in [7, 11) is 0. The van der Waals surface area contributed by atoms with Crippen molar-refractivity contribution in [3.8, 4) is 0 Å². The molecule has 3 aromatic rings. The lowest BCUT2D eigenvalue weighted by Gasteiger charge is -2.04. The molecule has 1 heterocycles. The van der Waals surface area contributed by atoms with Crippen molar-refractivity contribution < 1.29 is 0 Å². The van der Waals surface area contributed by atoms with E-state index in [2.05, 4.69) is 67.4 Å². The second-order valence-electron chi connectivity index (χ2n) is 4.96. The Bertz CT molecular complexity index is 748. The van der Waals surface area contributed by atoms with Crippen LogP contribution in [0, 0.1) is 13.8 Å². The van der Waals surface area contributed by atoms with E-state index in [9.17, 15) is 4.79 Å². The highest BCUT2D eigenvalue weighted by Gasteiger charge is 2.11. The van der Waals surface area contributed by atoms with Crippen LogP contribution in [0.1, 0.15) is 11.1 Å². The number of rotatable bonds is 4. The lowest BCUT2D eigenvalue weighted by atomic mass is 10.2. The maximum atomic E-state index is 11.7. The predicted octanol–water partition coefficient (Wildman–Crippen LogP) is 5.36. The molecule has 0 saturated heterocycles. The molecule has 22 heavy (non-hydrogen) atoms. The summed E-state index contributed by atoms with van der Waals surface area (Å²) in [6, 6.07) is 16.7. The third-order valence-electron chi connectivity index (χ3n) is 3.06. The SMILES string of the molecule is Cc1ccc(Sc2[nH]c(=O)sc2Sc2ccc(C)cc2)cc1. The molecule has 3 rings (SSSR count). The number of hydrogen-bond acceptors (Lipinski definition) is 4. The van der Waals surface area contributed by atoms with Crippen LogP contribution in [0.4, 0.5) is 0 Å². The zero-order valence-corrected chi connectivity index (χ0v) is 14.7. The summed E-state index contributed by atoms with van der Waals surface area (Å²) in [5, 5.41) is 0.921. The van der Waals surface area contributed by atoms with E-state index in [-0.39, 0.29) is 4.87 Å². The molecule has 0 saturated carbocycles. The number of hydrogen-bond donors (Lipinski definition) is 1. The van der Waals surface area contributed by atoms with Gasteiger partial charge in [0.1, 0.15) is 9.24 Å². The van der Waals surface area contributed by atoms with Crippen molar-refractivity contribution in [3.05, 3.63) is 69.3 Å². The van der Waals surface area contributed by atoms with Crippen LogP contribution in [0.3, 0.4) is 0 Å². The van der Waals surface area contributed by atoms with Gasteiger partial charge in [0.25, 0.3) is 0 Å². The number of thiazole rings is 1. The number of aromatic nitrogens is 1. The first-order valence-electron chi connectivity index (χ1n) is 6.82. The Morgan fingerprint density at radius 3 is 1.86 bits per heavy atom. The fourth-order valence-corrected chi connectivity index (χ4v) is 4.95. The maximum absolute atomic E-state index is 11.7. The minimum atomic E-state index is -0.00998. The zero-order chi connectivity index (χ0) is 15.5. The number of aromatic amines is 1. The summed E-state index contributed by atoms with van der Waals surface area (Å²) in [6.45, 7) is 4.14. The van der Waals surface area contributed by atoms with Crippen LogP contribution in [0.15, 0.2) is 72.4 Å². The quantitative estimate of drug-likeness (QED) is 0.691. The van der Waals surface area contributed by atoms with Crippen LogP contribution >= 0.6 is 34.9 Å².